The summed E-state index contributed by atoms with van der Waals surface area (Å²) >= 11 is 0. The quantitative estimate of drug-likeness (QED) is 0.509. The van der Waals surface area contributed by atoms with Gasteiger partial charge in [0.05, 0.1) is 17.9 Å². The van der Waals surface area contributed by atoms with Crippen molar-refractivity contribution in [3.8, 4) is 23.3 Å². The smallest absolute Gasteiger partial charge is 0.423 e. The van der Waals surface area contributed by atoms with Crippen LogP contribution in [0.4, 0.5) is 32.0 Å². The highest BCUT2D eigenvalue weighted by Crippen LogP contribution is 2.41. The average Bonchev–Trinajstić information content (AvgIpc) is 2.67. The number of nitrogens with zero attached hydrogens (tertiary/aromatic N) is 3. The van der Waals surface area contributed by atoms with E-state index in [1.807, 2.05) is 0 Å². The topological polar surface area (TPSA) is 73.5 Å². The maximum Gasteiger partial charge on any atom is 0.483 e. The number of halogens is 6. The molecule has 0 bridgehead atoms. The maximum atomic E-state index is 14.7. The van der Waals surface area contributed by atoms with Crippen molar-refractivity contribution < 1.29 is 35.9 Å². The summed E-state index contributed by atoms with van der Waals surface area (Å²) in [5.74, 6) is 0.973. The van der Waals surface area contributed by atoms with Crippen molar-refractivity contribution in [2.75, 3.05) is 11.4 Å². The Kier molecular flexibility index (Phi) is 5.58. The van der Waals surface area contributed by atoms with E-state index in [9.17, 15) is 40.7 Å². The Morgan fingerprint density at radius 3 is 2.31 bits per heavy atom. The summed E-state index contributed by atoms with van der Waals surface area (Å²) in [4.78, 5) is 37.3. The third-order valence-electron chi connectivity index (χ3n) is 4.44. The summed E-state index contributed by atoms with van der Waals surface area (Å²) in [5, 5.41) is 0. The molecule has 0 aliphatic carbocycles. The van der Waals surface area contributed by atoms with Gasteiger partial charge in [-0.15, -0.1) is 5.92 Å². The van der Waals surface area contributed by atoms with Crippen molar-refractivity contribution in [2.45, 2.75) is 25.6 Å². The van der Waals surface area contributed by atoms with Crippen LogP contribution < -0.4 is 20.9 Å². The molecule has 2 aromatic rings. The first-order valence-corrected chi connectivity index (χ1v) is 8.88. The van der Waals surface area contributed by atoms with Crippen LogP contribution in [-0.2, 0) is 18.0 Å². The molecule has 32 heavy (non-hydrogen) atoms. The van der Waals surface area contributed by atoms with Gasteiger partial charge in [0.15, 0.2) is 11.6 Å². The van der Waals surface area contributed by atoms with Gasteiger partial charge < -0.3 is 4.74 Å². The Bertz CT molecular complexity index is 1280. The van der Waals surface area contributed by atoms with E-state index >= 15 is 0 Å². The Balaban J connectivity index is 2.27. The predicted molar refractivity (Wildman–Crippen MR) is 98.2 cm³/mol. The fourth-order valence-electron chi connectivity index (χ4n) is 2.98. The van der Waals surface area contributed by atoms with Crippen molar-refractivity contribution in [3.05, 3.63) is 50.5 Å². The highest BCUT2D eigenvalue weighted by atomic mass is 19.4. The molecule has 1 aromatic heterocycles. The minimum atomic E-state index is -5.04. The summed E-state index contributed by atoms with van der Waals surface area (Å²) in [6.45, 7) is 1.11. The molecule has 1 amide bonds. The molecule has 1 aliphatic heterocycles. The Labute approximate surface area is 175 Å². The summed E-state index contributed by atoms with van der Waals surface area (Å²) in [5.41, 5.74) is -5.95. The molecule has 7 nitrogen and oxygen atoms in total. The molecule has 13 heteroatoms. The Hall–Kier alpha value is -3.69. The molecule has 0 N–H and O–H groups in total. The van der Waals surface area contributed by atoms with Gasteiger partial charge in [-0.25, -0.2) is 13.8 Å². The number of alkyl halides is 5. The van der Waals surface area contributed by atoms with Gasteiger partial charge in [0.2, 0.25) is 0 Å². The normalized spacial score (nSPS) is 15.0. The summed E-state index contributed by atoms with van der Waals surface area (Å²) in [7, 11) is 0.719. The van der Waals surface area contributed by atoms with Crippen LogP contribution in [0.1, 0.15) is 19.0 Å². The van der Waals surface area contributed by atoms with Crippen molar-refractivity contribution in [3.63, 3.8) is 0 Å². The second-order valence-corrected chi connectivity index (χ2v) is 6.53. The number of carbonyl (C=O) groups is 1. The first-order chi connectivity index (χ1) is 14.8. The van der Waals surface area contributed by atoms with E-state index in [1.54, 1.807) is 6.92 Å². The van der Waals surface area contributed by atoms with Gasteiger partial charge in [-0.2, -0.15) is 22.0 Å². The SMILES string of the molecule is CCC#CCN1C(=O)C(F)(F)Oc2cc(F)c(-n3c(=O)cc(C(F)(F)F)n(C)c3=O)cc21. The lowest BCUT2D eigenvalue weighted by Crippen LogP contribution is -2.51. The van der Waals surface area contributed by atoms with Gasteiger partial charge >= 0.3 is 23.9 Å². The van der Waals surface area contributed by atoms with Gasteiger partial charge in [-0.1, -0.05) is 12.8 Å². The van der Waals surface area contributed by atoms with Gasteiger partial charge in [0, 0.05) is 25.6 Å². The molecule has 0 atom stereocenters. The molecule has 0 unspecified atom stereocenters. The molecule has 170 valence electrons. The molecule has 0 saturated carbocycles. The monoisotopic (exact) mass is 461 g/mol. The summed E-state index contributed by atoms with van der Waals surface area (Å²) < 4.78 is 86.1. The van der Waals surface area contributed by atoms with E-state index < -0.39 is 64.6 Å². The first-order valence-electron chi connectivity index (χ1n) is 8.88. The van der Waals surface area contributed by atoms with Gasteiger partial charge in [-0.3, -0.25) is 19.1 Å². The van der Waals surface area contributed by atoms with E-state index in [-0.39, 0.29) is 15.2 Å². The second-order valence-electron chi connectivity index (χ2n) is 6.53. The first kappa shape index (κ1) is 23.0. The number of carbonyl (C=O) groups excluding carboxylic acids is 1. The van der Waals surface area contributed by atoms with Crippen molar-refractivity contribution >= 4 is 11.6 Å². The van der Waals surface area contributed by atoms with E-state index in [2.05, 4.69) is 16.6 Å². The summed E-state index contributed by atoms with van der Waals surface area (Å²) in [6, 6.07) is 1.16. The predicted octanol–water partition coefficient (Wildman–Crippen LogP) is 2.43. The number of benzene rings is 1. The van der Waals surface area contributed by atoms with Crippen molar-refractivity contribution in [1.82, 2.24) is 9.13 Å². The number of amides is 1. The molecule has 0 saturated heterocycles. The Morgan fingerprint density at radius 2 is 1.72 bits per heavy atom. The number of rotatable bonds is 2. The largest absolute Gasteiger partial charge is 0.483 e. The lowest BCUT2D eigenvalue weighted by molar-refractivity contribution is -0.192. The second kappa shape index (κ2) is 7.77. The Morgan fingerprint density at radius 1 is 1.06 bits per heavy atom. The van der Waals surface area contributed by atoms with Crippen LogP contribution in [0.25, 0.3) is 5.69 Å². The fraction of sp³-hybridized carbons (Fsp3) is 0.316. The minimum Gasteiger partial charge on any atom is -0.423 e. The molecular formula is C19H13F6N3O4. The molecule has 2 heterocycles. The van der Waals surface area contributed by atoms with Gasteiger partial charge in [0.1, 0.15) is 5.69 Å². The van der Waals surface area contributed by atoms with Gasteiger partial charge in [0.25, 0.3) is 5.56 Å². The molecular weight excluding hydrogens is 448 g/mol. The van der Waals surface area contributed by atoms with Crippen LogP contribution in [0.5, 0.6) is 5.75 Å². The lowest BCUT2D eigenvalue weighted by Gasteiger charge is -2.32. The summed E-state index contributed by atoms with van der Waals surface area (Å²) in [6.07, 6.45) is -9.04. The zero-order valence-corrected chi connectivity index (χ0v) is 16.4. The van der Waals surface area contributed by atoms with Gasteiger partial charge in [-0.05, 0) is 6.07 Å². The fourth-order valence-corrected chi connectivity index (χ4v) is 2.98. The number of hydrogen-bond donors (Lipinski definition) is 0. The van der Waals surface area contributed by atoms with Crippen LogP contribution in [0.3, 0.4) is 0 Å². The van der Waals surface area contributed by atoms with Crippen LogP contribution >= 0.6 is 0 Å². The van der Waals surface area contributed by atoms with E-state index in [4.69, 9.17) is 0 Å². The number of hydrogen-bond acceptors (Lipinski definition) is 4. The van der Waals surface area contributed by atoms with E-state index in [1.165, 1.54) is 0 Å². The lowest BCUT2D eigenvalue weighted by atomic mass is 10.1. The van der Waals surface area contributed by atoms with Crippen LogP contribution in [0.2, 0.25) is 0 Å². The number of aromatic nitrogens is 2. The van der Waals surface area contributed by atoms with E-state index in [0.717, 1.165) is 7.05 Å². The van der Waals surface area contributed by atoms with E-state index in [0.29, 0.717) is 23.5 Å². The third kappa shape index (κ3) is 3.83. The highest BCUT2D eigenvalue weighted by Gasteiger charge is 2.50. The molecule has 0 radical (unpaired) electrons. The average molecular weight is 461 g/mol. The number of ether oxygens (including phenoxy) is 1. The zero-order valence-electron chi connectivity index (χ0n) is 16.4. The maximum absolute atomic E-state index is 14.7. The zero-order chi connectivity index (χ0) is 24.0. The highest BCUT2D eigenvalue weighted by molar-refractivity contribution is 6.01. The molecule has 1 aromatic carbocycles. The molecule has 3 rings (SSSR count). The van der Waals surface area contributed by atoms with Crippen molar-refractivity contribution in [1.29, 1.82) is 0 Å². The standard InChI is InChI=1S/C19H13F6N3O4/c1-3-4-5-6-27-12-8-11(10(20)7-13(12)32-19(24,25)16(27)30)28-15(29)9-14(18(21,22)23)26(2)17(28)31/h7-9H,3,6H2,1-2H3. The molecule has 0 fully saturated rings. The molecule has 1 aliphatic rings. The third-order valence-corrected chi connectivity index (χ3v) is 4.44. The molecule has 0 spiro atoms. The van der Waals surface area contributed by atoms with Crippen LogP contribution in [0.15, 0.2) is 27.8 Å². The minimum absolute atomic E-state index is 0.0813. The number of fused-ring (bicyclic) bond motifs is 1. The number of anilines is 1. The van der Waals surface area contributed by atoms with Crippen LogP contribution in [-0.4, -0.2) is 27.7 Å². The van der Waals surface area contributed by atoms with Crippen molar-refractivity contribution in [2.24, 2.45) is 7.05 Å². The van der Waals surface area contributed by atoms with Crippen LogP contribution in [0, 0.1) is 17.7 Å².